The van der Waals surface area contributed by atoms with Gasteiger partial charge in [-0.3, -0.25) is 0 Å². The molecule has 120 valence electrons. The fourth-order valence-corrected chi connectivity index (χ4v) is 3.11. The molecule has 0 aromatic heterocycles. The van der Waals surface area contributed by atoms with Crippen molar-refractivity contribution >= 4 is 0 Å². The standard InChI is InChI=1S/C9H18O.C8H17NO/c1-8(2,10)9(3)6-4-5-7-9;1-7(2,10)8(3)4-5-9-6-8/h10H,4-7H2,1-3H3;9-10H,4-6H2,1-3H3. The lowest BCUT2D eigenvalue weighted by Gasteiger charge is -2.36. The highest BCUT2D eigenvalue weighted by Gasteiger charge is 2.42. The first-order chi connectivity index (χ1) is 8.91. The molecule has 0 amide bonds. The maximum atomic E-state index is 9.78. The smallest absolute Gasteiger partial charge is 0.0657 e. The van der Waals surface area contributed by atoms with Gasteiger partial charge in [0.05, 0.1) is 11.2 Å². The molecule has 3 nitrogen and oxygen atoms in total. The molecule has 1 aliphatic carbocycles. The third-order valence-corrected chi connectivity index (χ3v) is 6.03. The molecule has 20 heavy (non-hydrogen) atoms. The van der Waals surface area contributed by atoms with E-state index in [9.17, 15) is 10.2 Å². The molecule has 0 aromatic rings. The summed E-state index contributed by atoms with van der Waals surface area (Å²) in [4.78, 5) is 0. The lowest BCUT2D eigenvalue weighted by molar-refractivity contribution is -0.0414. The molecule has 0 spiro atoms. The monoisotopic (exact) mass is 285 g/mol. The number of nitrogens with one attached hydrogen (secondary N) is 1. The fraction of sp³-hybridized carbons (Fsp3) is 1.00. The predicted molar refractivity (Wildman–Crippen MR) is 84.8 cm³/mol. The van der Waals surface area contributed by atoms with Crippen molar-refractivity contribution in [2.75, 3.05) is 13.1 Å². The van der Waals surface area contributed by atoms with E-state index in [0.717, 1.165) is 19.5 Å². The molecule has 1 saturated carbocycles. The van der Waals surface area contributed by atoms with E-state index in [-0.39, 0.29) is 10.8 Å². The van der Waals surface area contributed by atoms with Gasteiger partial charge in [-0.1, -0.05) is 26.7 Å². The zero-order valence-corrected chi connectivity index (χ0v) is 14.3. The first kappa shape index (κ1) is 17.9. The summed E-state index contributed by atoms with van der Waals surface area (Å²) in [5.41, 5.74) is -0.764. The highest BCUT2D eigenvalue weighted by molar-refractivity contribution is 4.95. The van der Waals surface area contributed by atoms with Gasteiger partial charge in [-0.2, -0.15) is 0 Å². The number of hydrogen-bond donors (Lipinski definition) is 3. The summed E-state index contributed by atoms with van der Waals surface area (Å²) < 4.78 is 0. The van der Waals surface area contributed by atoms with Crippen molar-refractivity contribution in [2.24, 2.45) is 10.8 Å². The van der Waals surface area contributed by atoms with E-state index in [1.807, 2.05) is 27.7 Å². The van der Waals surface area contributed by atoms with E-state index in [0.29, 0.717) is 0 Å². The third kappa shape index (κ3) is 3.96. The average molecular weight is 285 g/mol. The van der Waals surface area contributed by atoms with Gasteiger partial charge in [-0.05, 0) is 58.9 Å². The molecule has 1 saturated heterocycles. The quantitative estimate of drug-likeness (QED) is 0.731. The minimum atomic E-state index is -0.545. The molecule has 0 radical (unpaired) electrons. The fourth-order valence-electron chi connectivity index (χ4n) is 3.11. The Bertz CT molecular complexity index is 268. The highest BCUT2D eigenvalue weighted by Crippen LogP contribution is 2.45. The van der Waals surface area contributed by atoms with Crippen LogP contribution >= 0.6 is 0 Å². The van der Waals surface area contributed by atoms with Crippen molar-refractivity contribution in [3.8, 4) is 0 Å². The molecule has 1 unspecified atom stereocenters. The Balaban J connectivity index is 0.000000200. The molecule has 2 rings (SSSR count). The molecule has 1 aliphatic heterocycles. The molecule has 1 atom stereocenters. The van der Waals surface area contributed by atoms with E-state index >= 15 is 0 Å². The number of hydrogen-bond acceptors (Lipinski definition) is 3. The summed E-state index contributed by atoms with van der Waals surface area (Å²) >= 11 is 0. The first-order valence-electron chi connectivity index (χ1n) is 8.07. The molecule has 1 heterocycles. The summed E-state index contributed by atoms with van der Waals surface area (Å²) in [6, 6.07) is 0. The van der Waals surface area contributed by atoms with Crippen molar-refractivity contribution in [2.45, 2.75) is 84.8 Å². The summed E-state index contributed by atoms with van der Waals surface area (Å²) in [7, 11) is 0. The zero-order valence-electron chi connectivity index (χ0n) is 14.3. The minimum Gasteiger partial charge on any atom is -0.390 e. The van der Waals surface area contributed by atoms with Crippen LogP contribution in [0.4, 0.5) is 0 Å². The van der Waals surface area contributed by atoms with Gasteiger partial charge in [-0.15, -0.1) is 0 Å². The van der Waals surface area contributed by atoms with E-state index in [1.165, 1.54) is 25.7 Å². The highest BCUT2D eigenvalue weighted by atomic mass is 16.3. The summed E-state index contributed by atoms with van der Waals surface area (Å²) in [5.74, 6) is 0. The van der Waals surface area contributed by atoms with Crippen LogP contribution in [0.5, 0.6) is 0 Å². The predicted octanol–water partition coefficient (Wildman–Crippen LogP) is 3.09. The maximum absolute atomic E-state index is 9.78. The molecule has 2 aliphatic rings. The van der Waals surface area contributed by atoms with E-state index < -0.39 is 11.2 Å². The Labute approximate surface area is 125 Å². The Morgan fingerprint density at radius 2 is 1.25 bits per heavy atom. The lowest BCUT2D eigenvalue weighted by Crippen LogP contribution is -2.42. The van der Waals surface area contributed by atoms with E-state index in [2.05, 4.69) is 19.2 Å². The molecule has 0 aromatic carbocycles. The van der Waals surface area contributed by atoms with Crippen LogP contribution in [0, 0.1) is 10.8 Å². The number of rotatable bonds is 2. The topological polar surface area (TPSA) is 52.5 Å². The van der Waals surface area contributed by atoms with Crippen molar-refractivity contribution in [1.82, 2.24) is 5.32 Å². The van der Waals surface area contributed by atoms with Gasteiger partial charge >= 0.3 is 0 Å². The second-order valence-corrected chi connectivity index (χ2v) is 8.37. The van der Waals surface area contributed by atoms with Gasteiger partial charge in [0, 0.05) is 12.0 Å². The third-order valence-electron chi connectivity index (χ3n) is 6.03. The van der Waals surface area contributed by atoms with Gasteiger partial charge < -0.3 is 15.5 Å². The Kier molecular flexibility index (Phi) is 5.32. The summed E-state index contributed by atoms with van der Waals surface area (Å²) in [5, 5.41) is 22.8. The van der Waals surface area contributed by atoms with Crippen LogP contribution < -0.4 is 5.32 Å². The summed E-state index contributed by atoms with van der Waals surface area (Å²) in [6.07, 6.45) is 6.05. The summed E-state index contributed by atoms with van der Waals surface area (Å²) in [6.45, 7) is 13.9. The normalized spacial score (nSPS) is 30.0. The van der Waals surface area contributed by atoms with Gasteiger partial charge in [-0.25, -0.2) is 0 Å². The Morgan fingerprint density at radius 1 is 0.800 bits per heavy atom. The SMILES string of the molecule is CC(C)(O)C1(C)CCCC1.CC(C)(O)C1(C)CCNC1. The van der Waals surface area contributed by atoms with E-state index in [1.54, 1.807) is 0 Å². The molecule has 3 heteroatoms. The largest absolute Gasteiger partial charge is 0.390 e. The number of aliphatic hydroxyl groups is 2. The molecule has 0 bridgehead atoms. The first-order valence-corrected chi connectivity index (χ1v) is 8.07. The van der Waals surface area contributed by atoms with Crippen LogP contribution in [0.3, 0.4) is 0 Å². The van der Waals surface area contributed by atoms with Crippen molar-refractivity contribution in [1.29, 1.82) is 0 Å². The van der Waals surface area contributed by atoms with Crippen LogP contribution in [-0.2, 0) is 0 Å². The van der Waals surface area contributed by atoms with Crippen LogP contribution in [0.25, 0.3) is 0 Å². The van der Waals surface area contributed by atoms with Gasteiger partial charge in [0.1, 0.15) is 0 Å². The van der Waals surface area contributed by atoms with Gasteiger partial charge in [0.25, 0.3) is 0 Å². The van der Waals surface area contributed by atoms with Crippen LogP contribution in [0.15, 0.2) is 0 Å². The Hall–Kier alpha value is -0.120. The second-order valence-electron chi connectivity index (χ2n) is 8.37. The second kappa shape index (κ2) is 5.94. The van der Waals surface area contributed by atoms with Crippen molar-refractivity contribution in [3.05, 3.63) is 0 Å². The van der Waals surface area contributed by atoms with Gasteiger partial charge in [0.2, 0.25) is 0 Å². The van der Waals surface area contributed by atoms with E-state index in [4.69, 9.17) is 0 Å². The Morgan fingerprint density at radius 3 is 1.45 bits per heavy atom. The maximum Gasteiger partial charge on any atom is 0.0657 e. The van der Waals surface area contributed by atoms with Crippen molar-refractivity contribution < 1.29 is 10.2 Å². The lowest BCUT2D eigenvalue weighted by atomic mass is 9.74. The molecule has 2 fully saturated rings. The average Bonchev–Trinajstić information content (AvgIpc) is 2.87. The van der Waals surface area contributed by atoms with Gasteiger partial charge in [0.15, 0.2) is 0 Å². The van der Waals surface area contributed by atoms with Crippen LogP contribution in [-0.4, -0.2) is 34.5 Å². The van der Waals surface area contributed by atoms with Crippen LogP contribution in [0.2, 0.25) is 0 Å². The minimum absolute atomic E-state index is 0.0764. The molecule has 3 N–H and O–H groups in total. The molecular formula is C17H35NO2. The molecular weight excluding hydrogens is 250 g/mol. The zero-order chi connectivity index (χ0) is 15.7. The van der Waals surface area contributed by atoms with Crippen molar-refractivity contribution in [3.63, 3.8) is 0 Å². The van der Waals surface area contributed by atoms with Crippen LogP contribution in [0.1, 0.15) is 73.6 Å².